The van der Waals surface area contributed by atoms with Crippen molar-refractivity contribution in [1.29, 1.82) is 0 Å². The van der Waals surface area contributed by atoms with E-state index in [1.807, 2.05) is 60.7 Å². The van der Waals surface area contributed by atoms with E-state index in [4.69, 9.17) is 4.74 Å². The van der Waals surface area contributed by atoms with Gasteiger partial charge in [0.2, 0.25) is 5.91 Å². The van der Waals surface area contributed by atoms with Crippen LogP contribution >= 0.6 is 0 Å². The van der Waals surface area contributed by atoms with E-state index >= 15 is 0 Å². The summed E-state index contributed by atoms with van der Waals surface area (Å²) in [5.41, 5.74) is 1.05. The second-order valence-electron chi connectivity index (χ2n) is 4.95. The molecule has 0 aromatic heterocycles. The van der Waals surface area contributed by atoms with Gasteiger partial charge in [-0.25, -0.2) is 0 Å². The van der Waals surface area contributed by atoms with Gasteiger partial charge >= 0.3 is 0 Å². The molecular formula is C18H22N2O2. The van der Waals surface area contributed by atoms with Crippen LogP contribution in [0.25, 0.3) is 0 Å². The van der Waals surface area contributed by atoms with Gasteiger partial charge in [-0.15, -0.1) is 0 Å². The Morgan fingerprint density at radius 2 is 1.68 bits per heavy atom. The summed E-state index contributed by atoms with van der Waals surface area (Å²) in [4.78, 5) is 13.8. The molecule has 3 rings (SSSR count). The predicted octanol–water partition coefficient (Wildman–Crippen LogP) is 2.71. The first kappa shape index (κ1) is 15.9. The average molecular weight is 298 g/mol. The second kappa shape index (κ2) is 7.50. The highest BCUT2D eigenvalue weighted by molar-refractivity contribution is 5.91. The Bertz CT molecular complexity index is 587. The third kappa shape index (κ3) is 3.58. The highest BCUT2D eigenvalue weighted by atomic mass is 16.5. The molecule has 0 radical (unpaired) electrons. The highest BCUT2D eigenvalue weighted by Gasteiger charge is 2.33. The molecule has 1 heterocycles. The van der Waals surface area contributed by atoms with Crippen LogP contribution in [0.2, 0.25) is 0 Å². The van der Waals surface area contributed by atoms with E-state index in [9.17, 15) is 4.79 Å². The Labute approximate surface area is 131 Å². The largest absolute Gasteiger partial charge is 0.492 e. The predicted molar refractivity (Wildman–Crippen MR) is 89.3 cm³/mol. The topological polar surface area (TPSA) is 41.6 Å². The Balaban J connectivity index is 0.00000176. The molecule has 0 bridgehead atoms. The van der Waals surface area contributed by atoms with Crippen molar-refractivity contribution >= 4 is 11.6 Å². The van der Waals surface area contributed by atoms with Crippen LogP contribution in [-0.2, 0) is 4.79 Å². The molecule has 1 atom stereocenters. The third-order valence-electron chi connectivity index (χ3n) is 3.58. The number of rotatable bonds is 6. The first-order chi connectivity index (χ1) is 10.3. The zero-order valence-corrected chi connectivity index (χ0v) is 11.7. The van der Waals surface area contributed by atoms with E-state index in [1.54, 1.807) is 0 Å². The van der Waals surface area contributed by atoms with E-state index < -0.39 is 0 Å². The number of β-lactam (4-membered cyclic amide) rings is 1. The van der Waals surface area contributed by atoms with Gasteiger partial charge < -0.3 is 15.0 Å². The molecule has 1 amide bonds. The molecule has 1 fully saturated rings. The quantitative estimate of drug-likeness (QED) is 0.834. The smallest absolute Gasteiger partial charge is 0.244 e. The number of benzene rings is 2. The number of carbonyl (C=O) groups excluding carboxylic acids is 1. The number of hydrogen-bond donors (Lipinski definition) is 1. The fourth-order valence-corrected chi connectivity index (χ4v) is 2.39. The SMILES string of the molecule is C.O=C1NCC1N(CCOc1ccccc1)c1ccccc1. The summed E-state index contributed by atoms with van der Waals surface area (Å²) in [6.07, 6.45) is 0. The van der Waals surface area contributed by atoms with Crippen LogP contribution in [0.4, 0.5) is 5.69 Å². The molecule has 22 heavy (non-hydrogen) atoms. The molecule has 4 heteroatoms. The molecule has 4 nitrogen and oxygen atoms in total. The Morgan fingerprint density at radius 1 is 1.05 bits per heavy atom. The Kier molecular flexibility index (Phi) is 5.42. The molecule has 1 unspecified atom stereocenters. The average Bonchev–Trinajstić information content (AvgIpc) is 2.54. The number of para-hydroxylation sites is 2. The maximum Gasteiger partial charge on any atom is 0.244 e. The van der Waals surface area contributed by atoms with Crippen molar-refractivity contribution in [1.82, 2.24) is 5.32 Å². The summed E-state index contributed by atoms with van der Waals surface area (Å²) < 4.78 is 5.74. The number of nitrogens with zero attached hydrogens (tertiary/aromatic N) is 1. The summed E-state index contributed by atoms with van der Waals surface area (Å²) in [7, 11) is 0. The molecule has 2 aromatic rings. The molecule has 0 aliphatic carbocycles. The van der Waals surface area contributed by atoms with Crippen LogP contribution in [0.1, 0.15) is 7.43 Å². The summed E-state index contributed by atoms with van der Waals surface area (Å²) in [5.74, 6) is 0.933. The Hall–Kier alpha value is -2.49. The summed E-state index contributed by atoms with van der Waals surface area (Å²) >= 11 is 0. The van der Waals surface area contributed by atoms with Gasteiger partial charge in [0.15, 0.2) is 0 Å². The molecule has 0 saturated carbocycles. The van der Waals surface area contributed by atoms with Gasteiger partial charge in [-0.3, -0.25) is 4.79 Å². The maximum atomic E-state index is 11.7. The normalized spacial score (nSPS) is 16.0. The number of hydrogen-bond acceptors (Lipinski definition) is 3. The lowest BCUT2D eigenvalue weighted by atomic mass is 10.1. The summed E-state index contributed by atoms with van der Waals surface area (Å²) in [6.45, 7) is 1.92. The van der Waals surface area contributed by atoms with Crippen LogP contribution in [-0.4, -0.2) is 31.6 Å². The minimum atomic E-state index is -0.0910. The molecule has 1 N–H and O–H groups in total. The monoisotopic (exact) mass is 298 g/mol. The zero-order valence-electron chi connectivity index (χ0n) is 11.7. The molecule has 1 aliphatic heterocycles. The van der Waals surface area contributed by atoms with E-state index in [2.05, 4.69) is 10.2 Å². The van der Waals surface area contributed by atoms with E-state index in [0.29, 0.717) is 19.7 Å². The van der Waals surface area contributed by atoms with E-state index in [0.717, 1.165) is 11.4 Å². The minimum Gasteiger partial charge on any atom is -0.492 e. The fraction of sp³-hybridized carbons (Fsp3) is 0.278. The molecule has 116 valence electrons. The van der Waals surface area contributed by atoms with Crippen LogP contribution in [0, 0.1) is 0 Å². The fourth-order valence-electron chi connectivity index (χ4n) is 2.39. The first-order valence-corrected chi connectivity index (χ1v) is 7.12. The summed E-state index contributed by atoms with van der Waals surface area (Å²) in [5, 5.41) is 2.80. The van der Waals surface area contributed by atoms with Crippen molar-refractivity contribution in [2.75, 3.05) is 24.6 Å². The van der Waals surface area contributed by atoms with Gasteiger partial charge in [0.05, 0.1) is 6.54 Å². The number of amides is 1. The lowest BCUT2D eigenvalue weighted by molar-refractivity contribution is -0.127. The van der Waals surface area contributed by atoms with Crippen LogP contribution in [0.5, 0.6) is 5.75 Å². The lowest BCUT2D eigenvalue weighted by Crippen LogP contribution is -2.62. The molecule has 2 aromatic carbocycles. The number of anilines is 1. The van der Waals surface area contributed by atoms with Crippen molar-refractivity contribution in [2.24, 2.45) is 0 Å². The van der Waals surface area contributed by atoms with Crippen LogP contribution < -0.4 is 15.0 Å². The third-order valence-corrected chi connectivity index (χ3v) is 3.58. The standard InChI is InChI=1S/C17H18N2O2.CH4/c20-17-16(13-18-17)19(14-7-3-1-4-8-14)11-12-21-15-9-5-2-6-10-15;/h1-10,16H,11-13H2,(H,18,20);1H4. The van der Waals surface area contributed by atoms with Crippen molar-refractivity contribution < 1.29 is 9.53 Å². The first-order valence-electron chi connectivity index (χ1n) is 7.12. The van der Waals surface area contributed by atoms with Gasteiger partial charge in [-0.2, -0.15) is 0 Å². The molecule has 1 saturated heterocycles. The maximum absolute atomic E-state index is 11.7. The molecule has 1 aliphatic rings. The zero-order chi connectivity index (χ0) is 14.5. The number of ether oxygens (including phenoxy) is 1. The van der Waals surface area contributed by atoms with Gasteiger partial charge in [0, 0.05) is 12.2 Å². The van der Waals surface area contributed by atoms with Gasteiger partial charge in [-0.1, -0.05) is 43.8 Å². The number of carbonyl (C=O) groups is 1. The summed E-state index contributed by atoms with van der Waals surface area (Å²) in [6, 6.07) is 19.6. The molecular weight excluding hydrogens is 276 g/mol. The van der Waals surface area contributed by atoms with E-state index in [-0.39, 0.29) is 19.4 Å². The van der Waals surface area contributed by atoms with Gasteiger partial charge in [-0.05, 0) is 24.3 Å². The highest BCUT2D eigenvalue weighted by Crippen LogP contribution is 2.19. The van der Waals surface area contributed by atoms with Crippen molar-refractivity contribution in [3.63, 3.8) is 0 Å². The van der Waals surface area contributed by atoms with Crippen molar-refractivity contribution in [3.8, 4) is 5.75 Å². The second-order valence-corrected chi connectivity index (χ2v) is 4.95. The van der Waals surface area contributed by atoms with Crippen LogP contribution in [0.15, 0.2) is 60.7 Å². The lowest BCUT2D eigenvalue weighted by Gasteiger charge is -2.38. The van der Waals surface area contributed by atoms with Crippen molar-refractivity contribution in [2.45, 2.75) is 13.5 Å². The minimum absolute atomic E-state index is 0. The van der Waals surface area contributed by atoms with Crippen molar-refractivity contribution in [3.05, 3.63) is 60.7 Å². The van der Waals surface area contributed by atoms with Gasteiger partial charge in [0.25, 0.3) is 0 Å². The Morgan fingerprint density at radius 3 is 2.23 bits per heavy atom. The number of nitrogens with one attached hydrogen (secondary N) is 1. The van der Waals surface area contributed by atoms with E-state index in [1.165, 1.54) is 0 Å². The molecule has 0 spiro atoms. The van der Waals surface area contributed by atoms with Crippen LogP contribution in [0.3, 0.4) is 0 Å². The van der Waals surface area contributed by atoms with Gasteiger partial charge in [0.1, 0.15) is 18.4 Å².